The molecule has 0 aromatic carbocycles. The zero-order valence-corrected chi connectivity index (χ0v) is 16.9. The van der Waals surface area contributed by atoms with Gasteiger partial charge in [-0.1, -0.05) is 5.16 Å². The molecule has 2 fully saturated rings. The number of nitrogens with zero attached hydrogens (tertiary/aromatic N) is 5. The number of nitriles is 1. The van der Waals surface area contributed by atoms with Crippen LogP contribution in [0.15, 0.2) is 16.8 Å². The summed E-state index contributed by atoms with van der Waals surface area (Å²) in [6.45, 7) is 8.11. The van der Waals surface area contributed by atoms with Crippen molar-refractivity contribution in [3.05, 3.63) is 40.5 Å². The predicted octanol–water partition coefficient (Wildman–Crippen LogP) is 2.52. The summed E-state index contributed by atoms with van der Waals surface area (Å²) in [4.78, 5) is 17.1. The van der Waals surface area contributed by atoms with Gasteiger partial charge in [-0.15, -0.1) is 0 Å². The van der Waals surface area contributed by atoms with Crippen molar-refractivity contribution in [3.8, 4) is 6.07 Å². The topological polar surface area (TPSA) is 78.3 Å². The molecule has 148 valence electrons. The van der Waals surface area contributed by atoms with E-state index >= 15 is 0 Å². The Kier molecular flexibility index (Phi) is 4.76. The lowest BCUT2D eigenvalue weighted by molar-refractivity contribution is -0.128. The lowest BCUT2D eigenvalue weighted by atomic mass is 9.77. The molecule has 1 spiro atoms. The highest BCUT2D eigenvalue weighted by Gasteiger charge is 2.45. The van der Waals surface area contributed by atoms with E-state index in [0.717, 1.165) is 56.0 Å². The molecule has 0 aliphatic carbocycles. The van der Waals surface area contributed by atoms with Crippen LogP contribution in [0.2, 0.25) is 0 Å². The van der Waals surface area contributed by atoms with Crippen molar-refractivity contribution in [1.82, 2.24) is 19.5 Å². The van der Waals surface area contributed by atoms with Gasteiger partial charge < -0.3 is 14.0 Å². The number of piperidine rings is 1. The maximum Gasteiger partial charge on any atom is 0.223 e. The van der Waals surface area contributed by atoms with Gasteiger partial charge >= 0.3 is 0 Å². The molecule has 0 unspecified atom stereocenters. The van der Waals surface area contributed by atoms with Gasteiger partial charge in [-0.25, -0.2) is 0 Å². The van der Waals surface area contributed by atoms with E-state index in [1.807, 2.05) is 42.6 Å². The van der Waals surface area contributed by atoms with Crippen LogP contribution in [0, 0.1) is 30.6 Å². The summed E-state index contributed by atoms with van der Waals surface area (Å²) in [6.07, 6.45) is 4.76. The number of aromatic nitrogens is 2. The molecule has 7 heteroatoms. The molecule has 2 aromatic heterocycles. The van der Waals surface area contributed by atoms with Crippen LogP contribution >= 0.6 is 0 Å². The van der Waals surface area contributed by atoms with E-state index in [0.29, 0.717) is 18.7 Å². The number of hydrogen-bond acceptors (Lipinski definition) is 5. The summed E-state index contributed by atoms with van der Waals surface area (Å²) in [5, 5.41) is 13.1. The van der Waals surface area contributed by atoms with Gasteiger partial charge in [0.25, 0.3) is 0 Å². The number of carbonyl (C=O) groups excluding carboxylic acids is 1. The molecule has 0 bridgehead atoms. The molecule has 7 nitrogen and oxygen atoms in total. The van der Waals surface area contributed by atoms with Gasteiger partial charge in [0.2, 0.25) is 5.91 Å². The van der Waals surface area contributed by atoms with Crippen molar-refractivity contribution in [2.24, 2.45) is 12.5 Å². The first kappa shape index (κ1) is 18.8. The van der Waals surface area contributed by atoms with Gasteiger partial charge in [-0.3, -0.25) is 9.69 Å². The van der Waals surface area contributed by atoms with E-state index < -0.39 is 0 Å². The van der Waals surface area contributed by atoms with Crippen molar-refractivity contribution >= 4 is 5.91 Å². The third kappa shape index (κ3) is 3.45. The minimum absolute atomic E-state index is 0.0983. The lowest BCUT2D eigenvalue weighted by Gasteiger charge is -2.38. The van der Waals surface area contributed by atoms with Gasteiger partial charge in [-0.2, -0.15) is 5.26 Å². The predicted molar refractivity (Wildman–Crippen MR) is 103 cm³/mol. The molecule has 0 radical (unpaired) electrons. The second-order valence-corrected chi connectivity index (χ2v) is 8.46. The van der Waals surface area contributed by atoms with Gasteiger partial charge in [0, 0.05) is 38.3 Å². The van der Waals surface area contributed by atoms with Gasteiger partial charge in [0.1, 0.15) is 17.5 Å². The van der Waals surface area contributed by atoms with Crippen molar-refractivity contribution in [3.63, 3.8) is 0 Å². The van der Waals surface area contributed by atoms with Gasteiger partial charge in [0.15, 0.2) is 0 Å². The van der Waals surface area contributed by atoms with E-state index in [9.17, 15) is 4.79 Å². The molecule has 28 heavy (non-hydrogen) atoms. The van der Waals surface area contributed by atoms with E-state index in [2.05, 4.69) is 16.1 Å². The van der Waals surface area contributed by atoms with Crippen LogP contribution < -0.4 is 0 Å². The fourth-order valence-electron chi connectivity index (χ4n) is 4.65. The first-order valence-electron chi connectivity index (χ1n) is 9.86. The fraction of sp³-hybridized carbons (Fsp3) is 0.571. The maximum atomic E-state index is 12.7. The largest absolute Gasteiger partial charge is 0.361 e. The van der Waals surface area contributed by atoms with Crippen LogP contribution in [0.1, 0.15) is 47.5 Å². The monoisotopic (exact) mass is 381 g/mol. The number of rotatable bonds is 4. The molecular formula is C21H27N5O2. The van der Waals surface area contributed by atoms with Crippen molar-refractivity contribution in [1.29, 1.82) is 5.26 Å². The SMILES string of the molecule is Cc1noc(C)c1CN1CC2(CCN(Cc3cc(C#N)n(C)c3)CC2)CC1=O. The summed E-state index contributed by atoms with van der Waals surface area (Å²) >= 11 is 0. The number of likely N-dealkylation sites (tertiary alicyclic amines) is 2. The Hall–Kier alpha value is -2.59. The van der Waals surface area contributed by atoms with Gasteiger partial charge in [0.05, 0.1) is 12.2 Å². The highest BCUT2D eigenvalue weighted by molar-refractivity contribution is 5.79. The summed E-state index contributed by atoms with van der Waals surface area (Å²) in [7, 11) is 1.91. The summed E-state index contributed by atoms with van der Waals surface area (Å²) in [6, 6.07) is 4.19. The molecule has 1 amide bonds. The molecular weight excluding hydrogens is 354 g/mol. The standard InChI is InChI=1S/C21H27N5O2/c1-15-19(16(2)28-23-15)13-26-14-21(9-20(26)27)4-6-25(7-5-21)12-17-8-18(10-22)24(3)11-17/h8,11H,4-7,9,12-14H2,1-3H3. The van der Waals surface area contributed by atoms with E-state index in [-0.39, 0.29) is 11.3 Å². The Morgan fingerprint density at radius 2 is 2.04 bits per heavy atom. The van der Waals surface area contributed by atoms with Crippen molar-refractivity contribution in [2.45, 2.75) is 46.2 Å². The molecule has 0 saturated carbocycles. The van der Waals surface area contributed by atoms with E-state index in [1.54, 1.807) is 0 Å². The molecule has 4 rings (SSSR count). The van der Waals surface area contributed by atoms with E-state index in [1.165, 1.54) is 5.56 Å². The third-order valence-corrected chi connectivity index (χ3v) is 6.43. The minimum Gasteiger partial charge on any atom is -0.361 e. The molecule has 0 N–H and O–H groups in total. The molecule has 2 saturated heterocycles. The van der Waals surface area contributed by atoms with Crippen molar-refractivity contribution in [2.75, 3.05) is 19.6 Å². The normalized spacial score (nSPS) is 19.5. The van der Waals surface area contributed by atoms with Crippen LogP contribution in [0.4, 0.5) is 0 Å². The first-order chi connectivity index (χ1) is 13.4. The number of aryl methyl sites for hydroxylation is 3. The Balaban J connectivity index is 1.36. The fourth-order valence-corrected chi connectivity index (χ4v) is 4.65. The molecule has 2 aromatic rings. The average molecular weight is 381 g/mol. The zero-order valence-electron chi connectivity index (χ0n) is 16.9. The highest BCUT2D eigenvalue weighted by Crippen LogP contribution is 2.42. The van der Waals surface area contributed by atoms with Crippen LogP contribution in [0.25, 0.3) is 0 Å². The third-order valence-electron chi connectivity index (χ3n) is 6.43. The molecule has 2 aliphatic heterocycles. The van der Waals surface area contributed by atoms with Crippen LogP contribution in [-0.4, -0.2) is 45.1 Å². The highest BCUT2D eigenvalue weighted by atomic mass is 16.5. The van der Waals surface area contributed by atoms with Gasteiger partial charge in [-0.05, 0) is 56.8 Å². The first-order valence-corrected chi connectivity index (χ1v) is 9.86. The number of amides is 1. The molecule has 4 heterocycles. The quantitative estimate of drug-likeness (QED) is 0.813. The molecule has 0 atom stereocenters. The van der Waals surface area contributed by atoms with Crippen LogP contribution in [0.3, 0.4) is 0 Å². The van der Waals surface area contributed by atoms with Crippen LogP contribution in [-0.2, 0) is 24.9 Å². The Labute approximate surface area is 165 Å². The second kappa shape index (κ2) is 7.10. The zero-order chi connectivity index (χ0) is 19.9. The summed E-state index contributed by atoms with van der Waals surface area (Å²) in [5.74, 6) is 1.05. The van der Waals surface area contributed by atoms with Crippen molar-refractivity contribution < 1.29 is 9.32 Å². The average Bonchev–Trinajstić information content (AvgIpc) is 3.28. The Morgan fingerprint density at radius 3 is 2.64 bits per heavy atom. The summed E-state index contributed by atoms with van der Waals surface area (Å²) < 4.78 is 7.13. The number of carbonyl (C=O) groups is 1. The maximum absolute atomic E-state index is 12.7. The molecule has 2 aliphatic rings. The Bertz CT molecular complexity index is 908. The lowest BCUT2D eigenvalue weighted by Crippen LogP contribution is -2.41. The Morgan fingerprint density at radius 1 is 1.29 bits per heavy atom. The summed E-state index contributed by atoms with van der Waals surface area (Å²) in [5.41, 5.74) is 3.89. The smallest absolute Gasteiger partial charge is 0.223 e. The van der Waals surface area contributed by atoms with E-state index in [4.69, 9.17) is 9.78 Å². The minimum atomic E-state index is 0.0983. The van der Waals surface area contributed by atoms with Crippen LogP contribution in [0.5, 0.6) is 0 Å². The number of hydrogen-bond donors (Lipinski definition) is 0. The second-order valence-electron chi connectivity index (χ2n) is 8.46.